The minimum Gasteiger partial charge on any atom is -0.494 e. The molecule has 0 aliphatic heterocycles. The Bertz CT molecular complexity index is 1030. The molecule has 148 valence electrons. The molecule has 0 atom stereocenters. The third-order valence-corrected chi connectivity index (χ3v) is 4.57. The van der Waals surface area contributed by atoms with E-state index in [-0.39, 0.29) is 11.8 Å². The number of ether oxygens (including phenoxy) is 1. The summed E-state index contributed by atoms with van der Waals surface area (Å²) in [5.74, 6) is 0.203. The first-order chi connectivity index (χ1) is 14.0. The van der Waals surface area contributed by atoms with E-state index < -0.39 is 0 Å². The lowest BCUT2D eigenvalue weighted by atomic mass is 10.1. The van der Waals surface area contributed by atoms with Crippen molar-refractivity contribution >= 4 is 23.2 Å². The van der Waals surface area contributed by atoms with Gasteiger partial charge in [0.1, 0.15) is 5.75 Å². The Morgan fingerprint density at radius 2 is 1.34 bits per heavy atom. The highest BCUT2D eigenvalue weighted by molar-refractivity contribution is 6.08. The Morgan fingerprint density at radius 1 is 0.759 bits per heavy atom. The van der Waals surface area contributed by atoms with Gasteiger partial charge in [-0.3, -0.25) is 9.59 Å². The van der Waals surface area contributed by atoms with Gasteiger partial charge in [-0.1, -0.05) is 12.1 Å². The van der Waals surface area contributed by atoms with E-state index in [4.69, 9.17) is 4.74 Å². The fourth-order valence-electron chi connectivity index (χ4n) is 2.83. The minimum atomic E-state index is -0.282. The number of benzene rings is 3. The van der Waals surface area contributed by atoms with Crippen molar-refractivity contribution < 1.29 is 14.3 Å². The molecule has 3 aromatic rings. The maximum atomic E-state index is 12.6. The standard InChI is InChI=1S/C24H24N2O3/c1-4-29-22-12-10-20(11-13-22)25-23(27)18-6-5-7-19(15-18)24(28)26-21-9-8-16(2)17(3)14-21/h5-15H,4H2,1-3H3,(H,25,27)(H,26,28). The summed E-state index contributed by atoms with van der Waals surface area (Å²) in [7, 11) is 0. The van der Waals surface area contributed by atoms with Gasteiger partial charge in [0.2, 0.25) is 0 Å². The van der Waals surface area contributed by atoms with E-state index in [0.717, 1.165) is 22.6 Å². The van der Waals surface area contributed by atoms with Crippen LogP contribution in [0.2, 0.25) is 0 Å². The van der Waals surface area contributed by atoms with Gasteiger partial charge in [0, 0.05) is 22.5 Å². The molecule has 3 rings (SSSR count). The number of hydrogen-bond acceptors (Lipinski definition) is 3. The number of aryl methyl sites for hydroxylation is 2. The SMILES string of the molecule is CCOc1ccc(NC(=O)c2cccc(C(=O)Nc3ccc(C)c(C)c3)c2)cc1. The van der Waals surface area contributed by atoms with Crippen LogP contribution in [0.1, 0.15) is 38.8 Å². The summed E-state index contributed by atoms with van der Waals surface area (Å²) in [5, 5.41) is 5.71. The number of amides is 2. The van der Waals surface area contributed by atoms with Crippen LogP contribution in [0.4, 0.5) is 11.4 Å². The Morgan fingerprint density at radius 3 is 1.93 bits per heavy atom. The second-order valence-corrected chi connectivity index (χ2v) is 6.75. The van der Waals surface area contributed by atoms with Gasteiger partial charge in [0.25, 0.3) is 11.8 Å². The van der Waals surface area contributed by atoms with Crippen LogP contribution < -0.4 is 15.4 Å². The lowest BCUT2D eigenvalue weighted by molar-refractivity contribution is 0.102. The van der Waals surface area contributed by atoms with Gasteiger partial charge in [-0.15, -0.1) is 0 Å². The summed E-state index contributed by atoms with van der Waals surface area (Å²) in [6.45, 7) is 6.52. The van der Waals surface area contributed by atoms with Crippen LogP contribution in [0.5, 0.6) is 5.75 Å². The zero-order chi connectivity index (χ0) is 20.8. The summed E-state index contributed by atoms with van der Waals surface area (Å²) in [6, 6.07) is 19.5. The van der Waals surface area contributed by atoms with E-state index in [1.807, 2.05) is 39.0 Å². The molecule has 0 bridgehead atoms. The van der Waals surface area contributed by atoms with Gasteiger partial charge in [-0.05, 0) is 86.5 Å². The van der Waals surface area contributed by atoms with Gasteiger partial charge in [-0.25, -0.2) is 0 Å². The molecule has 0 spiro atoms. The van der Waals surface area contributed by atoms with Gasteiger partial charge in [0.05, 0.1) is 6.61 Å². The van der Waals surface area contributed by atoms with Gasteiger partial charge in [0.15, 0.2) is 0 Å². The first kappa shape index (κ1) is 20.1. The number of nitrogens with one attached hydrogen (secondary N) is 2. The smallest absolute Gasteiger partial charge is 0.255 e. The molecule has 2 amide bonds. The quantitative estimate of drug-likeness (QED) is 0.609. The van der Waals surface area contributed by atoms with Gasteiger partial charge in [-0.2, -0.15) is 0 Å². The summed E-state index contributed by atoms with van der Waals surface area (Å²) >= 11 is 0. The molecule has 0 saturated carbocycles. The third kappa shape index (κ3) is 5.23. The molecule has 0 heterocycles. The highest BCUT2D eigenvalue weighted by atomic mass is 16.5. The summed E-state index contributed by atoms with van der Waals surface area (Å²) in [5.41, 5.74) is 4.47. The molecule has 2 N–H and O–H groups in total. The molecular weight excluding hydrogens is 364 g/mol. The summed E-state index contributed by atoms with van der Waals surface area (Å²) < 4.78 is 5.40. The average molecular weight is 388 g/mol. The van der Waals surface area contributed by atoms with Crippen LogP contribution in [0.15, 0.2) is 66.7 Å². The van der Waals surface area contributed by atoms with Crippen LogP contribution in [0.3, 0.4) is 0 Å². The lowest BCUT2D eigenvalue weighted by Crippen LogP contribution is -2.15. The molecule has 0 aliphatic rings. The van der Waals surface area contributed by atoms with Crippen molar-refractivity contribution in [2.45, 2.75) is 20.8 Å². The number of rotatable bonds is 6. The molecule has 0 saturated heterocycles. The van der Waals surface area contributed by atoms with Crippen molar-refractivity contribution in [2.75, 3.05) is 17.2 Å². The van der Waals surface area contributed by atoms with E-state index in [0.29, 0.717) is 23.4 Å². The molecule has 3 aromatic carbocycles. The topological polar surface area (TPSA) is 67.4 Å². The van der Waals surface area contributed by atoms with Crippen LogP contribution in [0.25, 0.3) is 0 Å². The van der Waals surface area contributed by atoms with Crippen LogP contribution in [0, 0.1) is 13.8 Å². The highest BCUT2D eigenvalue weighted by Gasteiger charge is 2.11. The average Bonchev–Trinajstić information content (AvgIpc) is 2.72. The summed E-state index contributed by atoms with van der Waals surface area (Å²) in [6.07, 6.45) is 0. The van der Waals surface area contributed by atoms with Gasteiger partial charge >= 0.3 is 0 Å². The molecule has 0 fully saturated rings. The van der Waals surface area contributed by atoms with Crippen molar-refractivity contribution in [1.29, 1.82) is 0 Å². The van der Waals surface area contributed by atoms with Gasteiger partial charge < -0.3 is 15.4 Å². The third-order valence-electron chi connectivity index (χ3n) is 4.57. The van der Waals surface area contributed by atoms with Crippen molar-refractivity contribution in [3.8, 4) is 5.75 Å². The number of carbonyl (C=O) groups is 2. The zero-order valence-corrected chi connectivity index (χ0v) is 16.8. The second kappa shape index (κ2) is 9.06. The van der Waals surface area contributed by atoms with Crippen LogP contribution in [-0.4, -0.2) is 18.4 Å². The Labute approximate surface area is 170 Å². The van der Waals surface area contributed by atoms with E-state index in [1.54, 1.807) is 48.5 Å². The van der Waals surface area contributed by atoms with E-state index in [2.05, 4.69) is 10.6 Å². The molecular formula is C24H24N2O3. The van der Waals surface area contributed by atoms with Crippen molar-refractivity contribution in [3.63, 3.8) is 0 Å². The second-order valence-electron chi connectivity index (χ2n) is 6.75. The van der Waals surface area contributed by atoms with Crippen molar-refractivity contribution in [3.05, 3.63) is 89.0 Å². The molecule has 0 aromatic heterocycles. The normalized spacial score (nSPS) is 10.3. The first-order valence-electron chi connectivity index (χ1n) is 9.49. The molecule has 5 heteroatoms. The Hall–Kier alpha value is -3.60. The number of hydrogen-bond donors (Lipinski definition) is 2. The predicted molar refractivity (Wildman–Crippen MR) is 116 cm³/mol. The van der Waals surface area contributed by atoms with Crippen LogP contribution in [-0.2, 0) is 0 Å². The molecule has 0 aliphatic carbocycles. The minimum absolute atomic E-state index is 0.260. The summed E-state index contributed by atoms with van der Waals surface area (Å²) in [4.78, 5) is 25.2. The van der Waals surface area contributed by atoms with E-state index >= 15 is 0 Å². The first-order valence-corrected chi connectivity index (χ1v) is 9.49. The Balaban J connectivity index is 1.69. The largest absolute Gasteiger partial charge is 0.494 e. The maximum Gasteiger partial charge on any atom is 0.255 e. The number of anilines is 2. The molecule has 0 radical (unpaired) electrons. The fourth-order valence-corrected chi connectivity index (χ4v) is 2.83. The van der Waals surface area contributed by atoms with E-state index in [1.165, 1.54) is 0 Å². The molecule has 29 heavy (non-hydrogen) atoms. The van der Waals surface area contributed by atoms with Crippen LogP contribution >= 0.6 is 0 Å². The Kier molecular flexibility index (Phi) is 6.29. The molecule has 0 unspecified atom stereocenters. The maximum absolute atomic E-state index is 12.6. The molecule has 5 nitrogen and oxygen atoms in total. The van der Waals surface area contributed by atoms with Crippen molar-refractivity contribution in [2.24, 2.45) is 0 Å². The number of carbonyl (C=O) groups excluding carboxylic acids is 2. The zero-order valence-electron chi connectivity index (χ0n) is 16.8. The highest BCUT2D eigenvalue weighted by Crippen LogP contribution is 2.18. The monoisotopic (exact) mass is 388 g/mol. The lowest BCUT2D eigenvalue weighted by Gasteiger charge is -2.10. The van der Waals surface area contributed by atoms with E-state index in [9.17, 15) is 9.59 Å². The van der Waals surface area contributed by atoms with Crippen molar-refractivity contribution in [1.82, 2.24) is 0 Å². The predicted octanol–water partition coefficient (Wildman–Crippen LogP) is 5.21. The fraction of sp³-hybridized carbons (Fsp3) is 0.167.